The quantitative estimate of drug-likeness (QED) is 0.664. The van der Waals surface area contributed by atoms with Crippen molar-refractivity contribution in [1.29, 1.82) is 0 Å². The van der Waals surface area contributed by atoms with Crippen LogP contribution in [0.1, 0.15) is 30.4 Å². The first kappa shape index (κ1) is 14.8. The van der Waals surface area contributed by atoms with Crippen molar-refractivity contribution in [1.82, 2.24) is 5.32 Å². The zero-order valence-corrected chi connectivity index (χ0v) is 12.1. The number of nitrogens with zero attached hydrogens (tertiary/aromatic N) is 1. The van der Waals surface area contributed by atoms with Crippen molar-refractivity contribution in [3.63, 3.8) is 0 Å². The molecule has 0 amide bonds. The minimum atomic E-state index is -0.364. The molecule has 1 aliphatic heterocycles. The van der Waals surface area contributed by atoms with Crippen LogP contribution in [-0.2, 0) is 0 Å². The van der Waals surface area contributed by atoms with Crippen LogP contribution >= 0.6 is 0 Å². The van der Waals surface area contributed by atoms with E-state index < -0.39 is 0 Å². The molecule has 1 aliphatic rings. The van der Waals surface area contributed by atoms with Crippen molar-refractivity contribution >= 4 is 5.69 Å². The predicted molar refractivity (Wildman–Crippen MR) is 78.3 cm³/mol. The zero-order chi connectivity index (χ0) is 14.5. The molecule has 0 radical (unpaired) electrons. The van der Waals surface area contributed by atoms with Crippen molar-refractivity contribution in [2.75, 3.05) is 19.7 Å². The number of aryl methyl sites for hydroxylation is 2. The highest BCUT2D eigenvalue weighted by Gasteiger charge is 2.19. The Bertz CT molecular complexity index is 482. The van der Waals surface area contributed by atoms with Crippen LogP contribution in [0.15, 0.2) is 12.1 Å². The summed E-state index contributed by atoms with van der Waals surface area (Å²) < 4.78 is 5.72. The SMILES string of the molecule is Cc1cc(C)c(OCCC2CCCNC2)c([N+](=O)[O-])c1. The average molecular weight is 278 g/mol. The molecule has 1 fully saturated rings. The van der Waals surface area contributed by atoms with Crippen LogP contribution in [0.2, 0.25) is 0 Å². The Kier molecular flexibility index (Phi) is 4.95. The molecule has 5 heteroatoms. The van der Waals surface area contributed by atoms with Crippen molar-refractivity contribution in [3.05, 3.63) is 33.4 Å². The van der Waals surface area contributed by atoms with Gasteiger partial charge in [-0.1, -0.05) is 6.07 Å². The molecule has 0 spiro atoms. The smallest absolute Gasteiger partial charge is 0.311 e. The summed E-state index contributed by atoms with van der Waals surface area (Å²) in [6.45, 7) is 6.38. The van der Waals surface area contributed by atoms with Gasteiger partial charge in [0.15, 0.2) is 5.75 Å². The number of rotatable bonds is 5. The molecule has 1 atom stereocenters. The summed E-state index contributed by atoms with van der Waals surface area (Å²) in [5.74, 6) is 1.04. The van der Waals surface area contributed by atoms with Crippen LogP contribution in [0.4, 0.5) is 5.69 Å². The molecule has 0 aliphatic carbocycles. The third kappa shape index (κ3) is 3.70. The molecular formula is C15H22N2O3. The summed E-state index contributed by atoms with van der Waals surface area (Å²) in [5, 5.41) is 14.5. The minimum absolute atomic E-state index is 0.0734. The van der Waals surface area contributed by atoms with Crippen molar-refractivity contribution in [2.45, 2.75) is 33.1 Å². The maximum Gasteiger partial charge on any atom is 0.311 e. The number of ether oxygens (including phenoxy) is 1. The van der Waals surface area contributed by atoms with Crippen LogP contribution in [0, 0.1) is 29.9 Å². The lowest BCUT2D eigenvalue weighted by Gasteiger charge is -2.22. The van der Waals surface area contributed by atoms with E-state index in [-0.39, 0.29) is 10.6 Å². The molecule has 1 unspecified atom stereocenters. The van der Waals surface area contributed by atoms with Crippen molar-refractivity contribution in [3.8, 4) is 5.75 Å². The number of hydrogen-bond acceptors (Lipinski definition) is 4. The molecule has 1 N–H and O–H groups in total. The number of nitro benzene ring substituents is 1. The van der Waals surface area contributed by atoms with E-state index >= 15 is 0 Å². The van der Waals surface area contributed by atoms with E-state index in [1.54, 1.807) is 6.07 Å². The Morgan fingerprint density at radius 2 is 2.25 bits per heavy atom. The largest absolute Gasteiger partial charge is 0.487 e. The zero-order valence-electron chi connectivity index (χ0n) is 12.1. The number of benzene rings is 1. The van der Waals surface area contributed by atoms with Gasteiger partial charge in [-0.3, -0.25) is 10.1 Å². The summed E-state index contributed by atoms with van der Waals surface area (Å²) in [7, 11) is 0. The Labute approximate surface area is 119 Å². The normalized spacial score (nSPS) is 18.8. The standard InChI is InChI=1S/C15H22N2O3/c1-11-8-12(2)15(14(9-11)17(18)19)20-7-5-13-4-3-6-16-10-13/h8-9,13,16H,3-7,10H2,1-2H3. The van der Waals surface area contributed by atoms with Gasteiger partial charge in [0.1, 0.15) is 0 Å². The van der Waals surface area contributed by atoms with Crippen LogP contribution in [0.3, 0.4) is 0 Å². The van der Waals surface area contributed by atoms with Gasteiger partial charge in [0.25, 0.3) is 0 Å². The Hall–Kier alpha value is -1.62. The van der Waals surface area contributed by atoms with E-state index in [1.165, 1.54) is 12.8 Å². The number of nitrogens with one attached hydrogen (secondary N) is 1. The van der Waals surface area contributed by atoms with Crippen molar-refractivity contribution in [2.24, 2.45) is 5.92 Å². The van der Waals surface area contributed by atoms with Crippen LogP contribution in [0.5, 0.6) is 5.75 Å². The van der Waals surface area contributed by atoms with E-state index in [0.29, 0.717) is 18.3 Å². The lowest BCUT2D eigenvalue weighted by molar-refractivity contribution is -0.386. The fourth-order valence-corrected chi connectivity index (χ4v) is 2.75. The summed E-state index contributed by atoms with van der Waals surface area (Å²) >= 11 is 0. The van der Waals surface area contributed by atoms with E-state index in [0.717, 1.165) is 30.6 Å². The predicted octanol–water partition coefficient (Wildman–Crippen LogP) is 2.98. The Balaban J connectivity index is 1.99. The van der Waals surface area contributed by atoms with Gasteiger partial charge in [-0.05, 0) is 63.2 Å². The van der Waals surface area contributed by atoms with E-state index in [2.05, 4.69) is 5.32 Å². The van der Waals surface area contributed by atoms with E-state index in [4.69, 9.17) is 4.74 Å². The van der Waals surface area contributed by atoms with E-state index in [9.17, 15) is 10.1 Å². The number of hydrogen-bond donors (Lipinski definition) is 1. The molecule has 2 rings (SSSR count). The molecular weight excluding hydrogens is 256 g/mol. The number of piperidine rings is 1. The summed E-state index contributed by atoms with van der Waals surface area (Å²) in [6.07, 6.45) is 3.36. The molecule has 5 nitrogen and oxygen atoms in total. The topological polar surface area (TPSA) is 64.4 Å². The van der Waals surface area contributed by atoms with Gasteiger partial charge in [0.2, 0.25) is 0 Å². The molecule has 110 valence electrons. The van der Waals surface area contributed by atoms with Gasteiger partial charge >= 0.3 is 5.69 Å². The maximum absolute atomic E-state index is 11.1. The lowest BCUT2D eigenvalue weighted by atomic mass is 9.97. The highest BCUT2D eigenvalue weighted by molar-refractivity contribution is 5.53. The molecule has 0 bridgehead atoms. The molecule has 1 heterocycles. The minimum Gasteiger partial charge on any atom is -0.487 e. The number of nitro groups is 1. The molecule has 20 heavy (non-hydrogen) atoms. The molecule has 1 saturated heterocycles. The van der Waals surface area contributed by atoms with Gasteiger partial charge < -0.3 is 10.1 Å². The van der Waals surface area contributed by atoms with Gasteiger partial charge in [0.05, 0.1) is 11.5 Å². The first-order valence-electron chi connectivity index (χ1n) is 7.17. The van der Waals surface area contributed by atoms with Gasteiger partial charge in [-0.25, -0.2) is 0 Å². The molecule has 0 aromatic heterocycles. The Morgan fingerprint density at radius 1 is 1.45 bits per heavy atom. The summed E-state index contributed by atoms with van der Waals surface area (Å²) in [6, 6.07) is 3.50. The van der Waals surface area contributed by atoms with Crippen LogP contribution in [-0.4, -0.2) is 24.6 Å². The third-order valence-electron chi connectivity index (χ3n) is 3.77. The van der Waals surface area contributed by atoms with Crippen LogP contribution in [0.25, 0.3) is 0 Å². The van der Waals surface area contributed by atoms with E-state index in [1.807, 2.05) is 19.9 Å². The average Bonchev–Trinajstić information content (AvgIpc) is 2.41. The Morgan fingerprint density at radius 3 is 2.90 bits per heavy atom. The lowest BCUT2D eigenvalue weighted by Crippen LogP contribution is -2.30. The first-order chi connectivity index (χ1) is 9.58. The van der Waals surface area contributed by atoms with Gasteiger partial charge in [-0.2, -0.15) is 0 Å². The highest BCUT2D eigenvalue weighted by Crippen LogP contribution is 2.32. The molecule has 1 aromatic rings. The van der Waals surface area contributed by atoms with Crippen LogP contribution < -0.4 is 10.1 Å². The molecule has 0 saturated carbocycles. The first-order valence-corrected chi connectivity index (χ1v) is 7.17. The fourth-order valence-electron chi connectivity index (χ4n) is 2.75. The third-order valence-corrected chi connectivity index (χ3v) is 3.77. The highest BCUT2D eigenvalue weighted by atomic mass is 16.6. The fraction of sp³-hybridized carbons (Fsp3) is 0.600. The second kappa shape index (κ2) is 6.70. The second-order valence-corrected chi connectivity index (χ2v) is 5.54. The monoisotopic (exact) mass is 278 g/mol. The molecule has 1 aromatic carbocycles. The van der Waals surface area contributed by atoms with Gasteiger partial charge in [-0.15, -0.1) is 0 Å². The van der Waals surface area contributed by atoms with Gasteiger partial charge in [0, 0.05) is 6.07 Å². The van der Waals surface area contributed by atoms with Crippen molar-refractivity contribution < 1.29 is 9.66 Å². The maximum atomic E-state index is 11.1. The summed E-state index contributed by atoms with van der Waals surface area (Å²) in [5.41, 5.74) is 1.79. The second-order valence-electron chi connectivity index (χ2n) is 5.54. The summed E-state index contributed by atoms with van der Waals surface area (Å²) in [4.78, 5) is 10.7.